The lowest BCUT2D eigenvalue weighted by Crippen LogP contribution is -2.42. The monoisotopic (exact) mass is 210 g/mol. The average molecular weight is 210 g/mol. The van der Waals surface area contributed by atoms with Crippen molar-refractivity contribution >= 4 is 0 Å². The fourth-order valence-electron chi connectivity index (χ4n) is 3.13. The van der Waals surface area contributed by atoms with Crippen molar-refractivity contribution in [2.45, 2.75) is 51.5 Å². The van der Waals surface area contributed by atoms with E-state index in [4.69, 9.17) is 0 Å². The fraction of sp³-hybridized carbons (Fsp3) is 1.00. The lowest BCUT2D eigenvalue weighted by molar-refractivity contribution is 0.162. The van der Waals surface area contributed by atoms with Crippen LogP contribution in [-0.2, 0) is 0 Å². The Balaban J connectivity index is 1.78. The molecule has 0 saturated carbocycles. The van der Waals surface area contributed by atoms with Crippen LogP contribution < -0.4 is 5.32 Å². The van der Waals surface area contributed by atoms with Gasteiger partial charge in [-0.15, -0.1) is 0 Å². The minimum Gasteiger partial charge on any atom is -0.314 e. The first-order valence-corrected chi connectivity index (χ1v) is 6.86. The van der Waals surface area contributed by atoms with Crippen LogP contribution in [-0.4, -0.2) is 37.1 Å². The van der Waals surface area contributed by atoms with Crippen molar-refractivity contribution in [1.82, 2.24) is 10.2 Å². The second kappa shape index (κ2) is 5.86. The van der Waals surface area contributed by atoms with Crippen LogP contribution in [0.3, 0.4) is 0 Å². The Hall–Kier alpha value is -0.0800. The van der Waals surface area contributed by atoms with Gasteiger partial charge in [-0.3, -0.25) is 0 Å². The van der Waals surface area contributed by atoms with Crippen molar-refractivity contribution < 1.29 is 0 Å². The standard InChI is InChI=1S/C13H26N2/c1-2-15-10-7-12(8-11-15)13-6-4-3-5-9-14-13/h12-14H,2-11H2,1H3/t13-/m1/s1. The van der Waals surface area contributed by atoms with Gasteiger partial charge >= 0.3 is 0 Å². The number of hydrogen-bond donors (Lipinski definition) is 1. The SMILES string of the molecule is CCN1CCC([C@H]2CCCCCN2)CC1. The molecule has 0 amide bonds. The van der Waals surface area contributed by atoms with E-state index in [0.717, 1.165) is 12.0 Å². The molecule has 0 aromatic rings. The maximum absolute atomic E-state index is 3.77. The van der Waals surface area contributed by atoms with E-state index in [1.54, 1.807) is 0 Å². The van der Waals surface area contributed by atoms with Crippen LogP contribution in [0.4, 0.5) is 0 Å². The lowest BCUT2D eigenvalue weighted by Gasteiger charge is -2.35. The molecule has 2 fully saturated rings. The summed E-state index contributed by atoms with van der Waals surface area (Å²) in [5.74, 6) is 0.964. The molecule has 0 unspecified atom stereocenters. The molecule has 2 saturated heterocycles. The number of nitrogens with zero attached hydrogens (tertiary/aromatic N) is 1. The highest BCUT2D eigenvalue weighted by molar-refractivity contribution is 4.83. The summed E-state index contributed by atoms with van der Waals surface area (Å²) in [5, 5.41) is 3.77. The van der Waals surface area contributed by atoms with Crippen molar-refractivity contribution in [2.24, 2.45) is 5.92 Å². The van der Waals surface area contributed by atoms with Gasteiger partial charge in [0.2, 0.25) is 0 Å². The van der Waals surface area contributed by atoms with Gasteiger partial charge < -0.3 is 10.2 Å². The zero-order chi connectivity index (χ0) is 10.5. The van der Waals surface area contributed by atoms with E-state index in [0.29, 0.717) is 0 Å². The van der Waals surface area contributed by atoms with Crippen LogP contribution in [0.5, 0.6) is 0 Å². The van der Waals surface area contributed by atoms with E-state index >= 15 is 0 Å². The molecular weight excluding hydrogens is 184 g/mol. The lowest BCUT2D eigenvalue weighted by atomic mass is 9.87. The summed E-state index contributed by atoms with van der Waals surface area (Å²) in [7, 11) is 0. The fourth-order valence-corrected chi connectivity index (χ4v) is 3.13. The first-order valence-electron chi connectivity index (χ1n) is 6.86. The van der Waals surface area contributed by atoms with Gasteiger partial charge in [0, 0.05) is 6.04 Å². The van der Waals surface area contributed by atoms with Gasteiger partial charge in [0.1, 0.15) is 0 Å². The molecule has 0 aromatic heterocycles. The van der Waals surface area contributed by atoms with Crippen LogP contribution >= 0.6 is 0 Å². The van der Waals surface area contributed by atoms with E-state index in [9.17, 15) is 0 Å². The highest BCUT2D eigenvalue weighted by Crippen LogP contribution is 2.25. The molecule has 1 atom stereocenters. The third-order valence-corrected chi connectivity index (χ3v) is 4.25. The highest BCUT2D eigenvalue weighted by Gasteiger charge is 2.25. The zero-order valence-electron chi connectivity index (χ0n) is 10.2. The number of likely N-dealkylation sites (tertiary alicyclic amines) is 1. The molecule has 15 heavy (non-hydrogen) atoms. The van der Waals surface area contributed by atoms with Crippen molar-refractivity contribution in [3.63, 3.8) is 0 Å². The van der Waals surface area contributed by atoms with E-state index in [1.165, 1.54) is 64.7 Å². The molecular formula is C13H26N2. The topological polar surface area (TPSA) is 15.3 Å². The molecule has 2 heterocycles. The molecule has 2 aliphatic heterocycles. The first-order chi connectivity index (χ1) is 7.40. The smallest absolute Gasteiger partial charge is 0.00962 e. The van der Waals surface area contributed by atoms with Crippen molar-refractivity contribution in [1.29, 1.82) is 0 Å². The Labute approximate surface area is 94.4 Å². The molecule has 1 N–H and O–H groups in total. The Kier molecular flexibility index (Phi) is 4.45. The Morgan fingerprint density at radius 1 is 1.07 bits per heavy atom. The maximum Gasteiger partial charge on any atom is 0.00962 e. The highest BCUT2D eigenvalue weighted by atomic mass is 15.1. The summed E-state index contributed by atoms with van der Waals surface area (Å²) in [4.78, 5) is 2.59. The van der Waals surface area contributed by atoms with Crippen LogP contribution in [0, 0.1) is 5.92 Å². The largest absolute Gasteiger partial charge is 0.314 e. The van der Waals surface area contributed by atoms with Crippen molar-refractivity contribution in [3.05, 3.63) is 0 Å². The number of rotatable bonds is 2. The van der Waals surface area contributed by atoms with Gasteiger partial charge in [-0.05, 0) is 57.8 Å². The molecule has 2 nitrogen and oxygen atoms in total. The minimum atomic E-state index is 0.839. The number of hydrogen-bond acceptors (Lipinski definition) is 2. The predicted octanol–water partition coefficient (Wildman–Crippen LogP) is 2.25. The third kappa shape index (κ3) is 3.18. The van der Waals surface area contributed by atoms with Crippen LogP contribution in [0.25, 0.3) is 0 Å². The summed E-state index contributed by atoms with van der Waals surface area (Å²) in [5.41, 5.74) is 0. The van der Waals surface area contributed by atoms with Crippen molar-refractivity contribution in [2.75, 3.05) is 26.2 Å². The molecule has 2 rings (SSSR count). The predicted molar refractivity (Wildman–Crippen MR) is 65.1 cm³/mol. The molecule has 0 aromatic carbocycles. The summed E-state index contributed by atoms with van der Waals surface area (Å²) in [6.07, 6.45) is 8.56. The van der Waals surface area contributed by atoms with Crippen LogP contribution in [0.15, 0.2) is 0 Å². The Bertz CT molecular complexity index is 165. The van der Waals surface area contributed by atoms with Crippen molar-refractivity contribution in [3.8, 4) is 0 Å². The molecule has 0 spiro atoms. The van der Waals surface area contributed by atoms with Gasteiger partial charge in [0.15, 0.2) is 0 Å². The molecule has 0 bridgehead atoms. The molecule has 0 radical (unpaired) electrons. The third-order valence-electron chi connectivity index (χ3n) is 4.25. The summed E-state index contributed by atoms with van der Waals surface area (Å²) in [6, 6.07) is 0.839. The zero-order valence-corrected chi connectivity index (χ0v) is 10.2. The quantitative estimate of drug-likeness (QED) is 0.752. The molecule has 2 aliphatic rings. The average Bonchev–Trinajstić information content (AvgIpc) is 2.58. The van der Waals surface area contributed by atoms with E-state index in [1.807, 2.05) is 0 Å². The maximum atomic E-state index is 3.77. The van der Waals surface area contributed by atoms with E-state index < -0.39 is 0 Å². The molecule has 88 valence electrons. The normalized spacial score (nSPS) is 31.4. The number of nitrogens with one attached hydrogen (secondary N) is 1. The van der Waals surface area contributed by atoms with E-state index in [-0.39, 0.29) is 0 Å². The second-order valence-corrected chi connectivity index (χ2v) is 5.18. The first kappa shape index (κ1) is 11.4. The van der Waals surface area contributed by atoms with Gasteiger partial charge in [-0.2, -0.15) is 0 Å². The second-order valence-electron chi connectivity index (χ2n) is 5.18. The summed E-state index contributed by atoms with van der Waals surface area (Å²) in [6.45, 7) is 7.45. The molecule has 0 aliphatic carbocycles. The van der Waals surface area contributed by atoms with Gasteiger partial charge in [0.25, 0.3) is 0 Å². The number of piperidine rings is 1. The van der Waals surface area contributed by atoms with Gasteiger partial charge in [-0.25, -0.2) is 0 Å². The Morgan fingerprint density at radius 3 is 2.60 bits per heavy atom. The van der Waals surface area contributed by atoms with Crippen LogP contribution in [0.2, 0.25) is 0 Å². The minimum absolute atomic E-state index is 0.839. The molecule has 2 heteroatoms. The van der Waals surface area contributed by atoms with Crippen LogP contribution in [0.1, 0.15) is 45.4 Å². The van der Waals surface area contributed by atoms with E-state index in [2.05, 4.69) is 17.1 Å². The Morgan fingerprint density at radius 2 is 1.87 bits per heavy atom. The van der Waals surface area contributed by atoms with Gasteiger partial charge in [-0.1, -0.05) is 19.8 Å². The summed E-state index contributed by atoms with van der Waals surface area (Å²) >= 11 is 0. The van der Waals surface area contributed by atoms with Gasteiger partial charge in [0.05, 0.1) is 0 Å². The summed E-state index contributed by atoms with van der Waals surface area (Å²) < 4.78 is 0.